The number of fused-ring (bicyclic) bond motifs is 1. The average molecular weight is 515 g/mol. The highest BCUT2D eigenvalue weighted by Gasteiger charge is 2.44. The molecule has 1 aliphatic carbocycles. The summed E-state index contributed by atoms with van der Waals surface area (Å²) in [5, 5.41) is 6.97. The summed E-state index contributed by atoms with van der Waals surface area (Å²) < 4.78 is 17.0. The molecule has 0 bridgehead atoms. The smallest absolute Gasteiger partial charge is 0.316 e. The van der Waals surface area contributed by atoms with Crippen LogP contribution in [0.4, 0.5) is 11.4 Å². The van der Waals surface area contributed by atoms with Crippen molar-refractivity contribution in [3.05, 3.63) is 57.7 Å². The van der Waals surface area contributed by atoms with Crippen LogP contribution in [0.1, 0.15) is 31.9 Å². The quantitative estimate of drug-likeness (QED) is 0.424. The molecule has 2 N–H and O–H groups in total. The summed E-state index contributed by atoms with van der Waals surface area (Å²) in [7, 11) is 2.90. The molecule has 1 aliphatic heterocycles. The highest BCUT2D eigenvalue weighted by molar-refractivity contribution is 9.10. The van der Waals surface area contributed by atoms with E-state index in [9.17, 15) is 9.59 Å². The molecule has 0 saturated carbocycles. The second-order valence-electron chi connectivity index (χ2n) is 8.15. The number of halogens is 1. The summed E-state index contributed by atoms with van der Waals surface area (Å²) in [4.78, 5) is 26.3. The Morgan fingerprint density at radius 3 is 2.58 bits per heavy atom. The van der Waals surface area contributed by atoms with Crippen LogP contribution in [0.25, 0.3) is 0 Å². The third-order valence-corrected chi connectivity index (χ3v) is 6.68. The summed E-state index contributed by atoms with van der Waals surface area (Å²) in [6.45, 7) is 4.27. The lowest BCUT2D eigenvalue weighted by molar-refractivity contribution is -0.151. The van der Waals surface area contributed by atoms with Crippen LogP contribution >= 0.6 is 15.9 Å². The van der Waals surface area contributed by atoms with Crippen LogP contribution in [0, 0.1) is 11.8 Å². The van der Waals surface area contributed by atoms with E-state index in [1.54, 1.807) is 7.11 Å². The zero-order valence-electron chi connectivity index (χ0n) is 19.0. The number of anilines is 2. The summed E-state index contributed by atoms with van der Waals surface area (Å²) in [6, 6.07) is 11.1. The number of methoxy groups -OCH3 is 2. The highest BCUT2D eigenvalue weighted by Crippen LogP contribution is 2.46. The molecule has 2 aromatic carbocycles. The molecule has 174 valence electrons. The van der Waals surface area contributed by atoms with Crippen molar-refractivity contribution in [2.75, 3.05) is 31.5 Å². The molecule has 1 heterocycles. The molecule has 8 heteroatoms. The van der Waals surface area contributed by atoms with Gasteiger partial charge >= 0.3 is 5.97 Å². The van der Waals surface area contributed by atoms with E-state index in [0.29, 0.717) is 34.6 Å². The van der Waals surface area contributed by atoms with Crippen molar-refractivity contribution in [1.29, 1.82) is 0 Å². The number of benzene rings is 2. The first kappa shape index (κ1) is 23.2. The third kappa shape index (κ3) is 4.19. The minimum absolute atomic E-state index is 0.191. The predicted molar refractivity (Wildman–Crippen MR) is 130 cm³/mol. The van der Waals surface area contributed by atoms with Gasteiger partial charge in [-0.1, -0.05) is 19.1 Å². The van der Waals surface area contributed by atoms with Crippen LogP contribution in [0.2, 0.25) is 0 Å². The van der Waals surface area contributed by atoms with Crippen LogP contribution in [0.5, 0.6) is 11.5 Å². The molecule has 2 aliphatic rings. The van der Waals surface area contributed by atoms with Gasteiger partial charge in [0.1, 0.15) is 5.92 Å². The van der Waals surface area contributed by atoms with E-state index in [0.717, 1.165) is 22.6 Å². The van der Waals surface area contributed by atoms with Crippen LogP contribution < -0.4 is 20.1 Å². The molecular formula is C25H27BrN2O5. The minimum atomic E-state index is -0.853. The molecule has 4 rings (SSSR count). The van der Waals surface area contributed by atoms with Crippen LogP contribution in [-0.2, 0) is 14.3 Å². The second kappa shape index (κ2) is 9.47. The Morgan fingerprint density at radius 1 is 1.18 bits per heavy atom. The monoisotopic (exact) mass is 514 g/mol. The Morgan fingerprint density at radius 2 is 1.91 bits per heavy atom. The van der Waals surface area contributed by atoms with Crippen LogP contribution in [0.15, 0.2) is 52.1 Å². The number of Topliss-reactive ketones (excluding diaryl/α,β-unsaturated/α-hetero) is 1. The molecule has 0 radical (unpaired) electrons. The van der Waals surface area contributed by atoms with E-state index in [1.807, 2.05) is 50.2 Å². The fourth-order valence-electron chi connectivity index (χ4n) is 4.60. The predicted octanol–water partition coefficient (Wildman–Crippen LogP) is 5.09. The number of rotatable bonds is 5. The van der Waals surface area contributed by atoms with Crippen molar-refractivity contribution in [2.24, 2.45) is 11.8 Å². The Kier molecular flexibility index (Phi) is 6.65. The van der Waals surface area contributed by atoms with Gasteiger partial charge in [0.25, 0.3) is 0 Å². The number of carbonyl (C=O) groups is 2. The molecule has 0 spiro atoms. The van der Waals surface area contributed by atoms with E-state index in [2.05, 4.69) is 26.6 Å². The van der Waals surface area contributed by atoms with Crippen molar-refractivity contribution >= 4 is 39.1 Å². The summed E-state index contributed by atoms with van der Waals surface area (Å²) in [6.07, 6.45) is 0.545. The number of ketones is 1. The Labute approximate surface area is 201 Å². The number of nitrogens with one attached hydrogen (secondary N) is 2. The van der Waals surface area contributed by atoms with Crippen molar-refractivity contribution in [3.63, 3.8) is 0 Å². The molecule has 33 heavy (non-hydrogen) atoms. The molecule has 0 fully saturated rings. The maximum atomic E-state index is 13.8. The molecular weight excluding hydrogens is 488 g/mol. The molecule has 3 atom stereocenters. The molecule has 7 nitrogen and oxygen atoms in total. The van der Waals surface area contributed by atoms with Crippen LogP contribution in [0.3, 0.4) is 0 Å². The Bertz CT molecular complexity index is 1130. The Balaban J connectivity index is 1.91. The zero-order chi connectivity index (χ0) is 23.7. The van der Waals surface area contributed by atoms with Gasteiger partial charge in [0, 0.05) is 11.3 Å². The van der Waals surface area contributed by atoms with Gasteiger partial charge in [-0.3, -0.25) is 9.59 Å². The van der Waals surface area contributed by atoms with Gasteiger partial charge < -0.3 is 24.8 Å². The van der Waals surface area contributed by atoms with E-state index >= 15 is 0 Å². The highest BCUT2D eigenvalue weighted by atomic mass is 79.9. The lowest BCUT2D eigenvalue weighted by atomic mass is 9.75. The fourth-order valence-corrected chi connectivity index (χ4v) is 5.22. The summed E-state index contributed by atoms with van der Waals surface area (Å²) in [5.74, 6) is -0.639. The standard InChI is InChI=1S/C25H27BrN2O5/c1-5-33-19-12-14(11-15(26)24(19)31-3)22-21-18(27-16-8-6-7-9-17(16)28-22)10-13(2)20(23(21)29)25(30)32-4/h6-9,11-13,20,22,27-28H,5,10H2,1-4H3/t13-,20+,22-/m1/s1. The van der Waals surface area contributed by atoms with Crippen molar-refractivity contribution in [1.82, 2.24) is 0 Å². The van der Waals surface area contributed by atoms with Crippen molar-refractivity contribution in [3.8, 4) is 11.5 Å². The van der Waals surface area contributed by atoms with Gasteiger partial charge in [-0.05, 0) is 65.0 Å². The molecule has 0 saturated heterocycles. The molecule has 0 unspecified atom stereocenters. The maximum Gasteiger partial charge on any atom is 0.316 e. The van der Waals surface area contributed by atoms with Crippen molar-refractivity contribution < 1.29 is 23.8 Å². The second-order valence-corrected chi connectivity index (χ2v) is 9.01. The number of allylic oxidation sites excluding steroid dienone is 1. The summed E-state index contributed by atoms with van der Waals surface area (Å²) >= 11 is 3.58. The van der Waals surface area contributed by atoms with Gasteiger partial charge in [0.2, 0.25) is 0 Å². The maximum absolute atomic E-state index is 13.8. The number of ether oxygens (including phenoxy) is 3. The van der Waals surface area contributed by atoms with E-state index in [-0.39, 0.29) is 11.7 Å². The number of hydrogen-bond acceptors (Lipinski definition) is 7. The first-order chi connectivity index (χ1) is 15.9. The van der Waals surface area contributed by atoms with Crippen molar-refractivity contribution in [2.45, 2.75) is 26.3 Å². The number of para-hydroxylation sites is 2. The minimum Gasteiger partial charge on any atom is -0.492 e. The average Bonchev–Trinajstić information content (AvgIpc) is 2.95. The molecule has 0 amide bonds. The normalized spacial score (nSPS) is 21.7. The third-order valence-electron chi connectivity index (χ3n) is 6.09. The zero-order valence-corrected chi connectivity index (χ0v) is 20.6. The number of carbonyl (C=O) groups excluding carboxylic acids is 2. The van der Waals surface area contributed by atoms with E-state index in [4.69, 9.17) is 14.2 Å². The van der Waals surface area contributed by atoms with Gasteiger partial charge in [0.05, 0.1) is 42.7 Å². The lowest BCUT2D eigenvalue weighted by Gasteiger charge is -2.32. The van der Waals surface area contributed by atoms with Gasteiger partial charge in [-0.25, -0.2) is 0 Å². The largest absolute Gasteiger partial charge is 0.492 e. The SMILES string of the molecule is CCOc1cc([C@H]2Nc3ccccc3NC3=C2C(=O)[C@@H](C(=O)OC)[C@H](C)C3)cc(Br)c1OC. The van der Waals surface area contributed by atoms with E-state index in [1.165, 1.54) is 7.11 Å². The topological polar surface area (TPSA) is 85.9 Å². The fraction of sp³-hybridized carbons (Fsp3) is 0.360. The first-order valence-corrected chi connectivity index (χ1v) is 11.7. The number of esters is 1. The molecule has 2 aromatic rings. The number of hydrogen-bond donors (Lipinski definition) is 2. The first-order valence-electron chi connectivity index (χ1n) is 10.9. The van der Waals surface area contributed by atoms with Crippen LogP contribution in [-0.4, -0.2) is 32.6 Å². The summed E-state index contributed by atoms with van der Waals surface area (Å²) in [5.41, 5.74) is 3.88. The molecule has 0 aromatic heterocycles. The Hall–Kier alpha value is -3.00. The lowest BCUT2D eigenvalue weighted by Crippen LogP contribution is -2.39. The van der Waals surface area contributed by atoms with E-state index < -0.39 is 17.9 Å². The van der Waals surface area contributed by atoms with Gasteiger partial charge in [-0.15, -0.1) is 0 Å². The van der Waals surface area contributed by atoms with Gasteiger partial charge in [-0.2, -0.15) is 0 Å². The van der Waals surface area contributed by atoms with Gasteiger partial charge in [0.15, 0.2) is 17.3 Å².